The van der Waals surface area contributed by atoms with Crippen molar-refractivity contribution in [3.63, 3.8) is 0 Å². The molecule has 7 nitrogen and oxygen atoms in total. The fourth-order valence-electron chi connectivity index (χ4n) is 4.03. The summed E-state index contributed by atoms with van der Waals surface area (Å²) in [7, 11) is 0. The Morgan fingerprint density at radius 3 is 2.82 bits per heavy atom. The van der Waals surface area contributed by atoms with Crippen LogP contribution in [0.2, 0.25) is 5.02 Å². The highest BCUT2D eigenvalue weighted by molar-refractivity contribution is 6.30. The Morgan fingerprint density at radius 1 is 1.21 bits per heavy atom. The van der Waals surface area contributed by atoms with Crippen molar-refractivity contribution in [2.45, 2.75) is 31.9 Å². The van der Waals surface area contributed by atoms with Gasteiger partial charge >= 0.3 is 0 Å². The molecule has 1 aliphatic carbocycles. The maximum atomic E-state index is 12.7. The quantitative estimate of drug-likeness (QED) is 0.377. The zero-order chi connectivity index (χ0) is 23.5. The van der Waals surface area contributed by atoms with Crippen molar-refractivity contribution in [1.29, 1.82) is 0 Å². The summed E-state index contributed by atoms with van der Waals surface area (Å²) in [5.41, 5.74) is 3.28. The van der Waals surface area contributed by atoms with Crippen LogP contribution < -0.4 is 10.1 Å². The van der Waals surface area contributed by atoms with E-state index in [1.807, 2.05) is 60.3 Å². The van der Waals surface area contributed by atoms with Gasteiger partial charge in [0.25, 0.3) is 0 Å². The number of benzene rings is 2. The molecule has 1 aliphatic rings. The van der Waals surface area contributed by atoms with E-state index in [0.29, 0.717) is 16.6 Å². The average molecular weight is 474 g/mol. The number of nitrogens with zero attached hydrogens (tertiary/aromatic N) is 4. The van der Waals surface area contributed by atoms with E-state index in [0.717, 1.165) is 29.7 Å². The van der Waals surface area contributed by atoms with Crippen LogP contribution >= 0.6 is 11.6 Å². The lowest BCUT2D eigenvalue weighted by Crippen LogP contribution is -2.16. The second-order valence-corrected chi connectivity index (χ2v) is 8.91. The number of hydrogen-bond acceptors (Lipinski definition) is 5. The van der Waals surface area contributed by atoms with Crippen LogP contribution in [0.4, 0.5) is 5.82 Å². The second-order valence-electron chi connectivity index (χ2n) is 8.47. The van der Waals surface area contributed by atoms with Crippen molar-refractivity contribution in [2.75, 3.05) is 5.32 Å². The Kier molecular flexibility index (Phi) is 6.27. The van der Waals surface area contributed by atoms with Gasteiger partial charge in [-0.25, -0.2) is 0 Å². The highest BCUT2D eigenvalue weighted by Crippen LogP contribution is 2.48. The molecule has 34 heavy (non-hydrogen) atoms. The van der Waals surface area contributed by atoms with E-state index in [4.69, 9.17) is 16.3 Å². The molecule has 1 N–H and O–H groups in total. The topological polar surface area (TPSA) is 81.9 Å². The number of halogens is 1. The third kappa shape index (κ3) is 5.26. The first-order valence-corrected chi connectivity index (χ1v) is 11.5. The summed E-state index contributed by atoms with van der Waals surface area (Å²) in [6, 6.07) is 19.5. The van der Waals surface area contributed by atoms with Gasteiger partial charge in [-0.1, -0.05) is 48.0 Å². The monoisotopic (exact) mass is 473 g/mol. The molecule has 1 unspecified atom stereocenters. The lowest BCUT2D eigenvalue weighted by atomic mass is 10.1. The highest BCUT2D eigenvalue weighted by Gasteiger charge is 2.44. The maximum Gasteiger partial charge on any atom is 0.229 e. The van der Waals surface area contributed by atoms with E-state index in [1.165, 1.54) is 0 Å². The van der Waals surface area contributed by atoms with Crippen LogP contribution in [-0.2, 0) is 11.3 Å². The summed E-state index contributed by atoms with van der Waals surface area (Å²) < 4.78 is 7.94. The smallest absolute Gasteiger partial charge is 0.229 e. The minimum absolute atomic E-state index is 0.0720. The van der Waals surface area contributed by atoms with E-state index >= 15 is 0 Å². The van der Waals surface area contributed by atoms with E-state index in [9.17, 15) is 4.79 Å². The lowest BCUT2D eigenvalue weighted by Gasteiger charge is -2.16. The number of rotatable bonds is 8. The number of carbonyl (C=O) groups is 1. The largest absolute Gasteiger partial charge is 0.484 e. The predicted molar refractivity (Wildman–Crippen MR) is 130 cm³/mol. The molecule has 0 spiro atoms. The van der Waals surface area contributed by atoms with Crippen molar-refractivity contribution >= 4 is 23.3 Å². The second kappa shape index (κ2) is 9.65. The number of anilines is 1. The van der Waals surface area contributed by atoms with Crippen LogP contribution in [0.1, 0.15) is 42.1 Å². The molecule has 172 valence electrons. The summed E-state index contributed by atoms with van der Waals surface area (Å²) in [6.07, 6.45) is 5.86. The molecule has 1 amide bonds. The van der Waals surface area contributed by atoms with Gasteiger partial charge in [-0.3, -0.25) is 9.48 Å². The minimum atomic E-state index is -0.192. The zero-order valence-electron chi connectivity index (χ0n) is 18.6. The molecule has 3 atom stereocenters. The Balaban J connectivity index is 1.17. The average Bonchev–Trinajstić information content (AvgIpc) is 3.49. The molecule has 0 bridgehead atoms. The summed E-state index contributed by atoms with van der Waals surface area (Å²) >= 11 is 6.08. The molecule has 0 aliphatic heterocycles. The van der Waals surface area contributed by atoms with Gasteiger partial charge in [0.2, 0.25) is 5.91 Å². The number of nitrogens with one attached hydrogen (secondary N) is 1. The van der Waals surface area contributed by atoms with Gasteiger partial charge in [-0.15, -0.1) is 5.10 Å². The molecule has 8 heteroatoms. The highest BCUT2D eigenvalue weighted by atomic mass is 35.5. The summed E-state index contributed by atoms with van der Waals surface area (Å²) in [5, 5.41) is 15.8. The molecule has 1 fully saturated rings. The number of hydrogen-bond donors (Lipinski definition) is 1. The van der Waals surface area contributed by atoms with Crippen LogP contribution in [0.25, 0.3) is 0 Å². The van der Waals surface area contributed by atoms with E-state index in [2.05, 4.69) is 32.7 Å². The minimum Gasteiger partial charge on any atom is -0.484 e. The first-order chi connectivity index (χ1) is 16.5. The standard InChI is InChI=1S/C26H24ClN5O2/c1-17(19-8-6-18(7-9-19)16-32-11-3-10-29-32)34-22-13-25(31-28-15-22)30-26(33)24-14-23(24)20-4-2-5-21(27)12-20/h2-13,15,17,23-24H,14,16H2,1H3,(H,30,31,33)/t17?,23-,24+/m1/s1. The molecule has 0 radical (unpaired) electrons. The Bertz CT molecular complexity index is 1280. The Hall–Kier alpha value is -3.71. The van der Waals surface area contributed by atoms with E-state index in [1.54, 1.807) is 18.5 Å². The van der Waals surface area contributed by atoms with Crippen molar-refractivity contribution in [2.24, 2.45) is 5.92 Å². The first kappa shape index (κ1) is 22.1. The Labute approximate surface area is 202 Å². The van der Waals surface area contributed by atoms with Crippen LogP contribution in [0, 0.1) is 5.92 Å². The van der Waals surface area contributed by atoms with Gasteiger partial charge in [0.1, 0.15) is 11.9 Å². The van der Waals surface area contributed by atoms with Crippen LogP contribution in [-0.4, -0.2) is 25.9 Å². The summed E-state index contributed by atoms with van der Waals surface area (Å²) in [5.74, 6) is 0.935. The third-order valence-electron chi connectivity index (χ3n) is 5.95. The number of aromatic nitrogens is 4. The SMILES string of the molecule is CC(Oc1cnnc(NC(=O)[C@H]2C[C@@H]2c2cccc(Cl)c2)c1)c1ccc(Cn2cccn2)cc1. The van der Waals surface area contributed by atoms with Crippen LogP contribution in [0.3, 0.4) is 0 Å². The number of carbonyl (C=O) groups excluding carboxylic acids is 1. The van der Waals surface area contributed by atoms with Gasteiger partial charge in [-0.05, 0) is 54.2 Å². The first-order valence-electron chi connectivity index (χ1n) is 11.2. The molecule has 2 heterocycles. The third-order valence-corrected chi connectivity index (χ3v) is 6.19. The lowest BCUT2D eigenvalue weighted by molar-refractivity contribution is -0.117. The maximum absolute atomic E-state index is 12.7. The fraction of sp³-hybridized carbons (Fsp3) is 0.231. The molecule has 5 rings (SSSR count). The molecular formula is C26H24ClN5O2. The Morgan fingerprint density at radius 2 is 2.06 bits per heavy atom. The predicted octanol–water partition coefficient (Wildman–Crippen LogP) is 5.26. The zero-order valence-corrected chi connectivity index (χ0v) is 19.4. The number of amides is 1. The van der Waals surface area contributed by atoms with Crippen LogP contribution in [0.5, 0.6) is 5.75 Å². The van der Waals surface area contributed by atoms with Crippen LogP contribution in [0.15, 0.2) is 79.3 Å². The van der Waals surface area contributed by atoms with E-state index < -0.39 is 0 Å². The van der Waals surface area contributed by atoms with Gasteiger partial charge in [0.15, 0.2) is 5.82 Å². The molecule has 4 aromatic rings. The van der Waals surface area contributed by atoms with Gasteiger partial charge < -0.3 is 10.1 Å². The molecule has 2 aromatic heterocycles. The van der Waals surface area contributed by atoms with Crippen molar-refractivity contribution in [3.05, 3.63) is 101 Å². The van der Waals surface area contributed by atoms with Crippen molar-refractivity contribution < 1.29 is 9.53 Å². The normalized spacial score (nSPS) is 17.7. The van der Waals surface area contributed by atoms with Gasteiger partial charge in [-0.2, -0.15) is 10.2 Å². The number of ether oxygens (including phenoxy) is 1. The molecule has 0 saturated heterocycles. The molecular weight excluding hydrogens is 450 g/mol. The molecule has 1 saturated carbocycles. The summed E-state index contributed by atoms with van der Waals surface area (Å²) in [6.45, 7) is 2.69. The fourth-order valence-corrected chi connectivity index (χ4v) is 4.23. The van der Waals surface area contributed by atoms with Gasteiger partial charge in [0.05, 0.1) is 12.7 Å². The molecule has 2 aromatic carbocycles. The van der Waals surface area contributed by atoms with Crippen molar-refractivity contribution in [3.8, 4) is 5.75 Å². The van der Waals surface area contributed by atoms with Crippen molar-refractivity contribution in [1.82, 2.24) is 20.0 Å². The summed E-state index contributed by atoms with van der Waals surface area (Å²) in [4.78, 5) is 12.7. The van der Waals surface area contributed by atoms with E-state index in [-0.39, 0.29) is 23.8 Å². The van der Waals surface area contributed by atoms with Gasteiger partial charge in [0, 0.05) is 29.4 Å².